The number of hydrogen-bond donors (Lipinski definition) is 3. The van der Waals surface area contributed by atoms with Crippen molar-refractivity contribution in [2.75, 3.05) is 43.1 Å². The van der Waals surface area contributed by atoms with Crippen LogP contribution in [-0.4, -0.2) is 65.7 Å². The maximum Gasteiger partial charge on any atom is 0.416 e. The van der Waals surface area contributed by atoms with Gasteiger partial charge in [-0.2, -0.15) is 13.2 Å². The molecule has 0 aliphatic heterocycles. The van der Waals surface area contributed by atoms with E-state index in [0.29, 0.717) is 41.1 Å². The van der Waals surface area contributed by atoms with Gasteiger partial charge in [0.25, 0.3) is 11.8 Å². The third-order valence-corrected chi connectivity index (χ3v) is 9.09. The van der Waals surface area contributed by atoms with Crippen LogP contribution in [-0.2, 0) is 28.1 Å². The second-order valence-electron chi connectivity index (χ2n) is 13.1. The van der Waals surface area contributed by atoms with E-state index in [4.69, 9.17) is 14.0 Å². The van der Waals surface area contributed by atoms with E-state index in [2.05, 4.69) is 20.5 Å². The lowest BCUT2D eigenvalue weighted by atomic mass is 9.96. The molecule has 2 amide bonds. The molecule has 3 aromatic carbocycles. The first-order valence-corrected chi connectivity index (χ1v) is 18.3. The minimum absolute atomic E-state index is 0.0424. The number of ether oxygens (including phenoxy) is 1. The van der Waals surface area contributed by atoms with Crippen molar-refractivity contribution in [3.8, 4) is 11.3 Å². The highest BCUT2D eigenvalue weighted by Gasteiger charge is 2.30. The molecule has 1 aromatic heterocycles. The summed E-state index contributed by atoms with van der Waals surface area (Å²) in [5.41, 5.74) is 3.05. The molecule has 0 saturated carbocycles. The van der Waals surface area contributed by atoms with Crippen molar-refractivity contribution in [3.63, 3.8) is 0 Å². The first-order valence-electron chi connectivity index (χ1n) is 17.5. The smallest absolute Gasteiger partial charge is 0.394 e. The van der Waals surface area contributed by atoms with E-state index in [1.807, 2.05) is 71.0 Å². The number of nitrogens with one attached hydrogen (secondary N) is 2. The van der Waals surface area contributed by atoms with Gasteiger partial charge in [0.05, 0.1) is 47.6 Å². The summed E-state index contributed by atoms with van der Waals surface area (Å²) in [6.07, 6.45) is -2.45. The largest absolute Gasteiger partial charge is 0.416 e. The van der Waals surface area contributed by atoms with E-state index in [1.165, 1.54) is 36.4 Å². The number of alkyl halides is 3. The Morgan fingerprint density at radius 2 is 1.64 bits per heavy atom. The van der Waals surface area contributed by atoms with Crippen molar-refractivity contribution < 1.29 is 36.8 Å². The molecule has 4 rings (SSSR count). The average Bonchev–Trinajstić information content (AvgIpc) is 3.14. The van der Waals surface area contributed by atoms with Gasteiger partial charge < -0.3 is 29.6 Å². The van der Waals surface area contributed by atoms with Crippen molar-refractivity contribution in [1.82, 2.24) is 10.3 Å². The lowest BCUT2D eigenvalue weighted by molar-refractivity contribution is -0.137. The number of benzene rings is 3. The zero-order valence-electron chi connectivity index (χ0n) is 30.6. The summed E-state index contributed by atoms with van der Waals surface area (Å²) in [6, 6.07) is 20.9. The number of aliphatic hydroxyl groups is 1. The Kier molecular flexibility index (Phi) is 14.9. The lowest BCUT2D eigenvalue weighted by Crippen LogP contribution is -2.30. The highest BCUT2D eigenvalue weighted by Crippen LogP contribution is 2.33. The standard InChI is InChI=1S/C40H47F3N4O5S/c1-6-47(7-2)33-14-15-35(46-38(50)30-12-8-10-28(20-30)24-39(4,5)51-26-27(3)53-52-19-18-48)34(23-33)36-22-31(16-17-44-36)37(49)45-25-29-11-9-13-32(21-29)40(41,42)43/h8-17,20-23,27,48H,6-7,18-19,24-26H2,1-5H3,(H,45,49)(H,46,50). The van der Waals surface area contributed by atoms with Gasteiger partial charge in [-0.05, 0) is 112 Å². The molecule has 13 heteroatoms. The summed E-state index contributed by atoms with van der Waals surface area (Å²) in [5.74, 6) is -0.813. The molecule has 3 N–H and O–H groups in total. The predicted octanol–water partition coefficient (Wildman–Crippen LogP) is 8.18. The number of halogens is 3. The second kappa shape index (κ2) is 19.1. The summed E-state index contributed by atoms with van der Waals surface area (Å²) in [7, 11) is 0. The van der Waals surface area contributed by atoms with Crippen LogP contribution >= 0.6 is 12.0 Å². The predicted molar refractivity (Wildman–Crippen MR) is 204 cm³/mol. The van der Waals surface area contributed by atoms with E-state index >= 15 is 0 Å². The van der Waals surface area contributed by atoms with Gasteiger partial charge in [0.1, 0.15) is 0 Å². The molecule has 1 unspecified atom stereocenters. The molecule has 1 atom stereocenters. The van der Waals surface area contributed by atoms with Gasteiger partial charge in [-0.3, -0.25) is 14.6 Å². The first-order chi connectivity index (χ1) is 25.2. The maximum atomic E-state index is 13.7. The highest BCUT2D eigenvalue weighted by atomic mass is 32.2. The van der Waals surface area contributed by atoms with Crippen molar-refractivity contribution >= 4 is 35.2 Å². The molecule has 284 valence electrons. The number of aliphatic hydroxyl groups excluding tert-OH is 1. The number of anilines is 2. The number of nitrogens with zero attached hydrogens (tertiary/aromatic N) is 2. The number of rotatable bonds is 18. The van der Waals surface area contributed by atoms with Gasteiger partial charge in [-0.15, -0.1) is 0 Å². The fourth-order valence-electron chi connectivity index (χ4n) is 5.63. The molecule has 0 bridgehead atoms. The summed E-state index contributed by atoms with van der Waals surface area (Å²) >= 11 is 1.27. The van der Waals surface area contributed by atoms with Gasteiger partial charge in [0.2, 0.25) is 0 Å². The molecule has 1 heterocycles. The van der Waals surface area contributed by atoms with Crippen molar-refractivity contribution in [3.05, 3.63) is 113 Å². The Bertz CT molecular complexity index is 1830. The minimum atomic E-state index is -4.49. The summed E-state index contributed by atoms with van der Waals surface area (Å²) < 4.78 is 51.1. The molecular formula is C40H47F3N4O5S. The number of aromatic nitrogens is 1. The monoisotopic (exact) mass is 752 g/mol. The number of amides is 2. The maximum absolute atomic E-state index is 13.7. The zero-order chi connectivity index (χ0) is 38.6. The molecule has 53 heavy (non-hydrogen) atoms. The Morgan fingerprint density at radius 1 is 0.925 bits per heavy atom. The van der Waals surface area contributed by atoms with E-state index < -0.39 is 23.2 Å². The van der Waals surface area contributed by atoms with Crippen molar-refractivity contribution in [2.24, 2.45) is 0 Å². The Hall–Kier alpha value is -4.43. The fraction of sp³-hybridized carbons (Fsp3) is 0.375. The number of carbonyl (C=O) groups is 2. The third-order valence-electron chi connectivity index (χ3n) is 8.32. The fourth-order valence-corrected chi connectivity index (χ4v) is 6.16. The van der Waals surface area contributed by atoms with E-state index in [1.54, 1.807) is 12.1 Å². The molecular weight excluding hydrogens is 706 g/mol. The SMILES string of the molecule is CCN(CC)c1ccc(NC(=O)c2cccc(CC(C)(C)OCC(C)SOCCO)c2)c(-c2cc(C(=O)NCc3cccc(C(F)(F)F)c3)ccn2)c1. The molecule has 0 radical (unpaired) electrons. The Labute approximate surface area is 313 Å². The van der Waals surface area contributed by atoms with E-state index in [0.717, 1.165) is 36.5 Å². The normalized spacial score (nSPS) is 12.3. The molecule has 9 nitrogen and oxygen atoms in total. The topological polar surface area (TPSA) is 113 Å². The van der Waals surface area contributed by atoms with Crippen LogP contribution in [0.2, 0.25) is 0 Å². The van der Waals surface area contributed by atoms with E-state index in [9.17, 15) is 22.8 Å². The van der Waals surface area contributed by atoms with Gasteiger partial charge in [0, 0.05) is 54.6 Å². The zero-order valence-corrected chi connectivity index (χ0v) is 31.4. The van der Waals surface area contributed by atoms with Crippen LogP contribution in [0.4, 0.5) is 24.5 Å². The van der Waals surface area contributed by atoms with Crippen molar-refractivity contribution in [1.29, 1.82) is 0 Å². The summed E-state index contributed by atoms with van der Waals surface area (Å²) in [4.78, 5) is 33.6. The van der Waals surface area contributed by atoms with Gasteiger partial charge in [0.15, 0.2) is 0 Å². The average molecular weight is 753 g/mol. The third kappa shape index (κ3) is 12.3. The van der Waals surface area contributed by atoms with Crippen LogP contribution in [0.3, 0.4) is 0 Å². The van der Waals surface area contributed by atoms with Crippen LogP contribution in [0.15, 0.2) is 85.1 Å². The van der Waals surface area contributed by atoms with Crippen LogP contribution < -0.4 is 15.5 Å². The number of hydrogen-bond acceptors (Lipinski definition) is 8. The Morgan fingerprint density at radius 3 is 2.36 bits per heavy atom. The van der Waals surface area contributed by atoms with Gasteiger partial charge in [-0.25, -0.2) is 0 Å². The number of pyridine rings is 1. The Balaban J connectivity index is 1.53. The number of carbonyl (C=O) groups excluding carboxylic acids is 2. The highest BCUT2D eigenvalue weighted by molar-refractivity contribution is 7.95. The summed E-state index contributed by atoms with van der Waals surface area (Å²) in [6.45, 7) is 12.1. The quantitative estimate of drug-likeness (QED) is 0.0690. The second-order valence-corrected chi connectivity index (χ2v) is 14.3. The minimum Gasteiger partial charge on any atom is -0.394 e. The molecule has 4 aromatic rings. The molecule has 0 saturated heterocycles. The van der Waals surface area contributed by atoms with Gasteiger partial charge >= 0.3 is 6.18 Å². The van der Waals surface area contributed by atoms with Crippen LogP contribution in [0.1, 0.15) is 72.0 Å². The van der Waals surface area contributed by atoms with Crippen molar-refractivity contribution in [2.45, 2.75) is 64.6 Å². The van der Waals surface area contributed by atoms with Gasteiger partial charge in [-0.1, -0.05) is 24.3 Å². The van der Waals surface area contributed by atoms with Crippen LogP contribution in [0, 0.1) is 0 Å². The van der Waals surface area contributed by atoms with E-state index in [-0.39, 0.29) is 36.5 Å². The molecule has 0 fully saturated rings. The molecule has 0 aliphatic rings. The van der Waals surface area contributed by atoms with Crippen LogP contribution in [0.25, 0.3) is 11.3 Å². The lowest BCUT2D eigenvalue weighted by Gasteiger charge is -2.27. The molecule has 0 spiro atoms. The molecule has 0 aliphatic carbocycles. The summed E-state index contributed by atoms with van der Waals surface area (Å²) in [5, 5.41) is 14.7. The first kappa shape index (κ1) is 41.3. The van der Waals surface area contributed by atoms with Crippen LogP contribution in [0.5, 0.6) is 0 Å².